The van der Waals surface area contributed by atoms with Crippen molar-refractivity contribution in [1.82, 2.24) is 0 Å². The summed E-state index contributed by atoms with van der Waals surface area (Å²) in [4.78, 5) is 0. The zero-order valence-electron chi connectivity index (χ0n) is 9.09. The molecule has 1 fully saturated rings. The summed E-state index contributed by atoms with van der Waals surface area (Å²) in [6, 6.07) is 0. The quantitative estimate of drug-likeness (QED) is 0.378. The summed E-state index contributed by atoms with van der Waals surface area (Å²) in [6.45, 7) is 7.03. The fourth-order valence-electron chi connectivity index (χ4n) is 2.26. The first-order valence-electron chi connectivity index (χ1n) is 5.27. The van der Waals surface area contributed by atoms with Crippen LogP contribution in [0.2, 0.25) is 0 Å². The van der Waals surface area contributed by atoms with Gasteiger partial charge in [0, 0.05) is 6.21 Å². The van der Waals surface area contributed by atoms with Crippen LogP contribution < -0.4 is 5.84 Å². The Morgan fingerprint density at radius 1 is 1.15 bits per heavy atom. The van der Waals surface area contributed by atoms with Crippen molar-refractivity contribution in [3.8, 4) is 0 Å². The molecule has 0 bridgehead atoms. The lowest BCUT2D eigenvalue weighted by Gasteiger charge is -2.35. The standard InChI is InChI=1S/C11H22N2/c1-11(2,3)10-6-4-9(5-7-10)8-13-12/h8-10H,4-7,12H2,1-3H3/b13-8+. The number of rotatable bonds is 1. The molecule has 0 unspecified atom stereocenters. The zero-order chi connectivity index (χ0) is 9.90. The van der Waals surface area contributed by atoms with Crippen molar-refractivity contribution in [2.24, 2.45) is 28.2 Å². The molecule has 1 aliphatic rings. The third kappa shape index (κ3) is 3.02. The topological polar surface area (TPSA) is 38.4 Å². The smallest absolute Gasteiger partial charge is 0.0271 e. The van der Waals surface area contributed by atoms with E-state index in [1.165, 1.54) is 25.7 Å². The van der Waals surface area contributed by atoms with E-state index in [4.69, 9.17) is 5.84 Å². The van der Waals surface area contributed by atoms with Crippen LogP contribution in [0.25, 0.3) is 0 Å². The lowest BCUT2D eigenvalue weighted by molar-refractivity contribution is 0.168. The van der Waals surface area contributed by atoms with Gasteiger partial charge in [-0.2, -0.15) is 5.10 Å². The van der Waals surface area contributed by atoms with Gasteiger partial charge in [0.25, 0.3) is 0 Å². The average molecular weight is 182 g/mol. The van der Waals surface area contributed by atoms with E-state index in [0.29, 0.717) is 11.3 Å². The first kappa shape index (κ1) is 10.6. The van der Waals surface area contributed by atoms with E-state index < -0.39 is 0 Å². The second-order valence-electron chi connectivity index (χ2n) is 5.28. The van der Waals surface area contributed by atoms with Gasteiger partial charge in [-0.1, -0.05) is 20.8 Å². The maximum atomic E-state index is 5.15. The van der Waals surface area contributed by atoms with Gasteiger partial charge in [-0.3, -0.25) is 0 Å². The van der Waals surface area contributed by atoms with E-state index in [1.54, 1.807) is 0 Å². The van der Waals surface area contributed by atoms with Crippen molar-refractivity contribution in [3.05, 3.63) is 0 Å². The predicted molar refractivity (Wildman–Crippen MR) is 57.6 cm³/mol. The molecule has 0 heterocycles. The van der Waals surface area contributed by atoms with Gasteiger partial charge in [-0.25, -0.2) is 0 Å². The van der Waals surface area contributed by atoms with Gasteiger partial charge in [0.1, 0.15) is 0 Å². The molecule has 0 amide bonds. The minimum Gasteiger partial charge on any atom is -0.324 e. The first-order valence-corrected chi connectivity index (χ1v) is 5.27. The van der Waals surface area contributed by atoms with Gasteiger partial charge >= 0.3 is 0 Å². The Kier molecular flexibility index (Phi) is 3.34. The number of nitrogens with two attached hydrogens (primary N) is 1. The van der Waals surface area contributed by atoms with Crippen molar-refractivity contribution in [3.63, 3.8) is 0 Å². The molecule has 0 aromatic heterocycles. The van der Waals surface area contributed by atoms with E-state index in [2.05, 4.69) is 25.9 Å². The van der Waals surface area contributed by atoms with E-state index in [-0.39, 0.29) is 0 Å². The van der Waals surface area contributed by atoms with Crippen LogP contribution in [-0.4, -0.2) is 6.21 Å². The van der Waals surface area contributed by atoms with E-state index in [1.807, 2.05) is 6.21 Å². The number of nitrogens with zero attached hydrogens (tertiary/aromatic N) is 1. The number of hydrazone groups is 1. The Morgan fingerprint density at radius 3 is 2.08 bits per heavy atom. The SMILES string of the molecule is CC(C)(C)C1CCC(/C=N/N)CC1. The summed E-state index contributed by atoms with van der Waals surface area (Å²) < 4.78 is 0. The average Bonchev–Trinajstić information content (AvgIpc) is 2.04. The van der Waals surface area contributed by atoms with Gasteiger partial charge in [0.2, 0.25) is 0 Å². The molecule has 0 atom stereocenters. The third-order valence-corrected chi connectivity index (χ3v) is 3.29. The highest BCUT2D eigenvalue weighted by Gasteiger charge is 2.28. The van der Waals surface area contributed by atoms with E-state index >= 15 is 0 Å². The molecular formula is C11H22N2. The van der Waals surface area contributed by atoms with Crippen molar-refractivity contribution < 1.29 is 0 Å². The molecule has 1 rings (SSSR count). The van der Waals surface area contributed by atoms with Crippen molar-refractivity contribution >= 4 is 6.21 Å². The predicted octanol–water partition coefficient (Wildman–Crippen LogP) is 2.78. The fraction of sp³-hybridized carbons (Fsp3) is 0.909. The maximum Gasteiger partial charge on any atom is 0.0271 e. The van der Waals surface area contributed by atoms with Crippen LogP contribution in [0, 0.1) is 17.3 Å². The summed E-state index contributed by atoms with van der Waals surface area (Å²) in [5, 5.41) is 3.62. The number of hydrogen-bond acceptors (Lipinski definition) is 2. The monoisotopic (exact) mass is 182 g/mol. The van der Waals surface area contributed by atoms with Crippen LogP contribution in [0.1, 0.15) is 46.5 Å². The van der Waals surface area contributed by atoms with Crippen molar-refractivity contribution in [1.29, 1.82) is 0 Å². The summed E-state index contributed by atoms with van der Waals surface area (Å²) >= 11 is 0. The molecule has 0 aliphatic heterocycles. The fourth-order valence-corrected chi connectivity index (χ4v) is 2.26. The summed E-state index contributed by atoms with van der Waals surface area (Å²) in [7, 11) is 0. The molecular weight excluding hydrogens is 160 g/mol. The summed E-state index contributed by atoms with van der Waals surface area (Å²) in [6.07, 6.45) is 7.12. The lowest BCUT2D eigenvalue weighted by Crippen LogP contribution is -2.26. The molecule has 0 aromatic carbocycles. The minimum absolute atomic E-state index is 0.477. The Hall–Kier alpha value is -0.530. The van der Waals surface area contributed by atoms with Crippen molar-refractivity contribution in [2.75, 3.05) is 0 Å². The Bertz CT molecular complexity index is 171. The van der Waals surface area contributed by atoms with Crippen molar-refractivity contribution in [2.45, 2.75) is 46.5 Å². The van der Waals surface area contributed by atoms with Crippen LogP contribution in [0.15, 0.2) is 5.10 Å². The molecule has 2 nitrogen and oxygen atoms in total. The molecule has 1 aliphatic carbocycles. The Morgan fingerprint density at radius 2 is 1.69 bits per heavy atom. The zero-order valence-corrected chi connectivity index (χ0v) is 9.09. The third-order valence-electron chi connectivity index (χ3n) is 3.29. The van der Waals surface area contributed by atoms with E-state index in [0.717, 1.165) is 5.92 Å². The van der Waals surface area contributed by atoms with Gasteiger partial charge < -0.3 is 5.84 Å². The van der Waals surface area contributed by atoms with Crippen LogP contribution in [-0.2, 0) is 0 Å². The van der Waals surface area contributed by atoms with Gasteiger partial charge in [0.15, 0.2) is 0 Å². The van der Waals surface area contributed by atoms with Crippen LogP contribution in [0.4, 0.5) is 0 Å². The summed E-state index contributed by atoms with van der Waals surface area (Å²) in [5.74, 6) is 6.68. The Balaban J connectivity index is 2.39. The molecule has 13 heavy (non-hydrogen) atoms. The molecule has 2 N–H and O–H groups in total. The minimum atomic E-state index is 0.477. The second kappa shape index (κ2) is 4.12. The highest BCUT2D eigenvalue weighted by Crippen LogP contribution is 2.39. The first-order chi connectivity index (χ1) is 6.04. The molecule has 0 radical (unpaired) electrons. The van der Waals surface area contributed by atoms with Crippen LogP contribution in [0.3, 0.4) is 0 Å². The molecule has 1 saturated carbocycles. The Labute approximate surface area is 81.6 Å². The number of hydrogen-bond donors (Lipinski definition) is 1. The summed E-state index contributed by atoms with van der Waals surface area (Å²) in [5.41, 5.74) is 0.477. The van der Waals surface area contributed by atoms with Gasteiger partial charge in [-0.15, -0.1) is 0 Å². The molecule has 0 saturated heterocycles. The molecule has 2 heteroatoms. The van der Waals surface area contributed by atoms with Crippen LogP contribution >= 0.6 is 0 Å². The molecule has 76 valence electrons. The lowest BCUT2D eigenvalue weighted by atomic mass is 9.70. The molecule has 0 aromatic rings. The second-order valence-corrected chi connectivity index (χ2v) is 5.28. The largest absolute Gasteiger partial charge is 0.324 e. The normalized spacial score (nSPS) is 31.0. The van der Waals surface area contributed by atoms with Gasteiger partial charge in [0.05, 0.1) is 0 Å². The maximum absolute atomic E-state index is 5.15. The van der Waals surface area contributed by atoms with E-state index in [9.17, 15) is 0 Å². The highest BCUT2D eigenvalue weighted by atomic mass is 15.1. The highest BCUT2D eigenvalue weighted by molar-refractivity contribution is 5.60. The van der Waals surface area contributed by atoms with Gasteiger partial charge in [-0.05, 0) is 42.9 Å². The molecule has 0 spiro atoms. The van der Waals surface area contributed by atoms with Crippen LogP contribution in [0.5, 0.6) is 0 Å².